The number of carbonyl (C=O) groups is 1. The molecule has 2 aliphatic rings. The van der Waals surface area contributed by atoms with Crippen molar-refractivity contribution in [3.63, 3.8) is 0 Å². The summed E-state index contributed by atoms with van der Waals surface area (Å²) in [7, 11) is 1.61. The second-order valence-corrected chi connectivity index (χ2v) is 9.01. The Balaban J connectivity index is 1.52. The van der Waals surface area contributed by atoms with Crippen LogP contribution >= 0.6 is 0 Å². The van der Waals surface area contributed by atoms with E-state index < -0.39 is 0 Å². The van der Waals surface area contributed by atoms with Crippen molar-refractivity contribution in [2.75, 3.05) is 31.8 Å². The number of benzene rings is 1. The fraction of sp³-hybridized carbons (Fsp3) is 0.360. The van der Waals surface area contributed by atoms with E-state index in [9.17, 15) is 9.59 Å². The molecule has 6 rings (SSSR count). The molecule has 0 spiro atoms. The van der Waals surface area contributed by atoms with Gasteiger partial charge in [0, 0.05) is 37.9 Å². The van der Waals surface area contributed by atoms with Gasteiger partial charge in [-0.2, -0.15) is 0 Å². The third-order valence-corrected chi connectivity index (χ3v) is 6.74. The molecule has 0 saturated carbocycles. The van der Waals surface area contributed by atoms with E-state index in [0.717, 1.165) is 40.9 Å². The molecule has 1 atom stereocenters. The Bertz CT molecular complexity index is 1500. The second-order valence-electron chi connectivity index (χ2n) is 9.01. The van der Waals surface area contributed by atoms with Gasteiger partial charge in [-0.05, 0) is 48.6 Å². The predicted molar refractivity (Wildman–Crippen MR) is 127 cm³/mol. The van der Waals surface area contributed by atoms with E-state index in [0.29, 0.717) is 42.2 Å². The Hall–Kier alpha value is -3.56. The first kappa shape index (κ1) is 21.0. The van der Waals surface area contributed by atoms with Gasteiger partial charge in [0.05, 0.1) is 30.4 Å². The van der Waals surface area contributed by atoms with Gasteiger partial charge in [0.2, 0.25) is 0 Å². The average Bonchev–Trinajstić information content (AvgIpc) is 3.58. The minimum Gasteiger partial charge on any atom is -0.381 e. The summed E-state index contributed by atoms with van der Waals surface area (Å²) in [5.41, 5.74) is 4.98. The number of aromatic nitrogens is 4. The van der Waals surface area contributed by atoms with Crippen LogP contribution in [0.15, 0.2) is 35.4 Å². The summed E-state index contributed by atoms with van der Waals surface area (Å²) in [6.45, 7) is 4.08. The van der Waals surface area contributed by atoms with Crippen LogP contribution in [-0.2, 0) is 22.5 Å². The van der Waals surface area contributed by atoms with Crippen molar-refractivity contribution in [2.45, 2.75) is 32.3 Å². The number of hydrogen-bond acceptors (Lipinski definition) is 6. The molecule has 174 valence electrons. The van der Waals surface area contributed by atoms with Crippen molar-refractivity contribution in [3.8, 4) is 0 Å². The largest absolute Gasteiger partial charge is 0.381 e. The standard InChI is InChI=1S/C25H25N5O4/c1-14-7-15-3-5-29(22(15)26-10-14)25(32)18-9-19-20(8-17(18)12-33-2)30-21(24(31)28-19)11-27-23(30)16-4-6-34-13-16/h7-11,16H,3-6,12-13H2,1-2H3,(H,28,31). The topological polar surface area (TPSA) is 102 Å². The molecule has 1 fully saturated rings. The zero-order valence-corrected chi connectivity index (χ0v) is 19.1. The Labute approximate surface area is 195 Å². The minimum absolute atomic E-state index is 0.121. The number of amides is 1. The van der Waals surface area contributed by atoms with Crippen molar-refractivity contribution in [1.82, 2.24) is 19.4 Å². The molecule has 4 aromatic rings. The van der Waals surface area contributed by atoms with Gasteiger partial charge in [-0.3, -0.25) is 18.9 Å². The van der Waals surface area contributed by atoms with Crippen LogP contribution in [-0.4, -0.2) is 52.1 Å². The normalized spacial score (nSPS) is 17.7. The third-order valence-electron chi connectivity index (χ3n) is 6.74. The Kier molecular flexibility index (Phi) is 4.96. The smallest absolute Gasteiger partial charge is 0.274 e. The van der Waals surface area contributed by atoms with Crippen LogP contribution < -0.4 is 10.5 Å². The highest BCUT2D eigenvalue weighted by atomic mass is 16.5. The van der Waals surface area contributed by atoms with Crippen molar-refractivity contribution in [3.05, 3.63) is 69.0 Å². The number of imidazole rings is 1. The fourth-order valence-electron chi connectivity index (χ4n) is 5.11. The van der Waals surface area contributed by atoms with Gasteiger partial charge in [0.15, 0.2) is 0 Å². The van der Waals surface area contributed by atoms with Gasteiger partial charge in [-0.25, -0.2) is 9.97 Å². The Morgan fingerprint density at radius 1 is 1.24 bits per heavy atom. The number of ether oxygens (including phenoxy) is 2. The van der Waals surface area contributed by atoms with E-state index in [1.165, 1.54) is 0 Å². The van der Waals surface area contributed by atoms with E-state index in [-0.39, 0.29) is 24.0 Å². The van der Waals surface area contributed by atoms with Crippen LogP contribution in [0, 0.1) is 6.92 Å². The highest BCUT2D eigenvalue weighted by Crippen LogP contribution is 2.31. The van der Waals surface area contributed by atoms with Crippen molar-refractivity contribution >= 4 is 28.3 Å². The summed E-state index contributed by atoms with van der Waals surface area (Å²) >= 11 is 0. The maximum atomic E-state index is 13.7. The zero-order valence-electron chi connectivity index (χ0n) is 19.1. The molecule has 34 heavy (non-hydrogen) atoms. The van der Waals surface area contributed by atoms with Crippen molar-refractivity contribution in [2.24, 2.45) is 0 Å². The third kappa shape index (κ3) is 3.23. The first-order valence-electron chi connectivity index (χ1n) is 11.5. The van der Waals surface area contributed by atoms with E-state index in [1.54, 1.807) is 30.5 Å². The maximum Gasteiger partial charge on any atom is 0.274 e. The number of H-pyrrole nitrogens is 1. The molecule has 9 heteroatoms. The number of nitrogens with zero attached hydrogens (tertiary/aromatic N) is 4. The monoisotopic (exact) mass is 459 g/mol. The molecule has 0 bridgehead atoms. The lowest BCUT2D eigenvalue weighted by molar-refractivity contribution is 0.0984. The number of pyridine rings is 1. The Morgan fingerprint density at radius 3 is 2.91 bits per heavy atom. The molecular formula is C25H25N5O4. The number of carbonyl (C=O) groups excluding carboxylic acids is 1. The molecule has 2 aliphatic heterocycles. The van der Waals surface area contributed by atoms with Gasteiger partial charge in [-0.1, -0.05) is 6.07 Å². The summed E-state index contributed by atoms with van der Waals surface area (Å²) < 4.78 is 12.9. The van der Waals surface area contributed by atoms with Gasteiger partial charge >= 0.3 is 0 Å². The quantitative estimate of drug-likeness (QED) is 0.504. The van der Waals surface area contributed by atoms with E-state index in [1.807, 2.05) is 17.4 Å². The molecule has 1 amide bonds. The number of methoxy groups -OCH3 is 1. The number of rotatable bonds is 4. The number of fused-ring (bicyclic) bond motifs is 4. The predicted octanol–water partition coefficient (Wildman–Crippen LogP) is 2.73. The summed E-state index contributed by atoms with van der Waals surface area (Å²) in [4.78, 5) is 40.3. The van der Waals surface area contributed by atoms with Gasteiger partial charge in [-0.15, -0.1) is 0 Å². The second kappa shape index (κ2) is 8.03. The molecule has 3 aromatic heterocycles. The highest BCUT2D eigenvalue weighted by Gasteiger charge is 2.30. The fourth-order valence-corrected chi connectivity index (χ4v) is 5.11. The lowest BCUT2D eigenvalue weighted by Gasteiger charge is -2.19. The minimum atomic E-state index is -0.244. The number of anilines is 1. The number of hydrogen-bond donors (Lipinski definition) is 1. The molecule has 5 heterocycles. The molecule has 9 nitrogen and oxygen atoms in total. The number of aryl methyl sites for hydroxylation is 1. The summed E-state index contributed by atoms with van der Waals surface area (Å²) in [5, 5.41) is 0. The van der Waals surface area contributed by atoms with Crippen LogP contribution in [0.3, 0.4) is 0 Å². The van der Waals surface area contributed by atoms with Crippen LogP contribution in [0.1, 0.15) is 45.2 Å². The molecule has 1 aromatic carbocycles. The van der Waals surface area contributed by atoms with Gasteiger partial charge < -0.3 is 14.5 Å². The maximum absolute atomic E-state index is 13.7. The van der Waals surface area contributed by atoms with Crippen LogP contribution in [0.4, 0.5) is 5.82 Å². The molecule has 0 aliphatic carbocycles. The summed E-state index contributed by atoms with van der Waals surface area (Å²) in [6.07, 6.45) is 5.01. The zero-order chi connectivity index (χ0) is 23.4. The molecule has 1 saturated heterocycles. The number of nitrogens with one attached hydrogen (secondary N) is 1. The SMILES string of the molecule is COCc1cc2c(cc1C(=O)N1CCc3cc(C)cnc31)[nH]c(=O)c1cnc(C3CCOC3)n12. The van der Waals surface area contributed by atoms with Crippen LogP contribution in [0.2, 0.25) is 0 Å². The van der Waals surface area contributed by atoms with E-state index in [4.69, 9.17) is 9.47 Å². The first-order chi connectivity index (χ1) is 16.5. The number of aromatic amines is 1. The van der Waals surface area contributed by atoms with Crippen LogP contribution in [0.5, 0.6) is 0 Å². The molecule has 0 radical (unpaired) electrons. The van der Waals surface area contributed by atoms with Crippen LogP contribution in [0.25, 0.3) is 16.6 Å². The summed E-state index contributed by atoms with van der Waals surface area (Å²) in [5.74, 6) is 1.47. The lowest BCUT2D eigenvalue weighted by atomic mass is 10.0. The lowest BCUT2D eigenvalue weighted by Crippen LogP contribution is -2.30. The average molecular weight is 460 g/mol. The van der Waals surface area contributed by atoms with Gasteiger partial charge in [0.1, 0.15) is 17.2 Å². The van der Waals surface area contributed by atoms with Crippen molar-refractivity contribution in [1.29, 1.82) is 0 Å². The highest BCUT2D eigenvalue weighted by molar-refractivity contribution is 6.09. The molecular weight excluding hydrogens is 434 g/mol. The molecule has 1 unspecified atom stereocenters. The summed E-state index contributed by atoms with van der Waals surface area (Å²) in [6, 6.07) is 5.76. The van der Waals surface area contributed by atoms with E-state index in [2.05, 4.69) is 21.0 Å². The van der Waals surface area contributed by atoms with Crippen molar-refractivity contribution < 1.29 is 14.3 Å². The Morgan fingerprint density at radius 2 is 2.12 bits per heavy atom. The van der Waals surface area contributed by atoms with E-state index >= 15 is 0 Å². The van der Waals surface area contributed by atoms with Gasteiger partial charge in [0.25, 0.3) is 11.5 Å². The molecule has 1 N–H and O–H groups in total. The first-order valence-corrected chi connectivity index (χ1v) is 11.5.